The Kier molecular flexibility index (Phi) is 34.7. The number of piperazine rings is 2. The van der Waals surface area contributed by atoms with Crippen molar-refractivity contribution in [2.75, 3.05) is 111 Å². The van der Waals surface area contributed by atoms with Gasteiger partial charge in [-0.15, -0.1) is 0 Å². The molecule has 0 aromatic heterocycles. The van der Waals surface area contributed by atoms with E-state index in [1.54, 1.807) is 131 Å². The van der Waals surface area contributed by atoms with Gasteiger partial charge in [0.15, 0.2) is 23.3 Å². The number of para-hydroxylation sites is 3. The number of alkyl halides is 12. The average molecular weight is 1670 g/mol. The van der Waals surface area contributed by atoms with E-state index in [-0.39, 0.29) is 109 Å². The highest BCUT2D eigenvalue weighted by Crippen LogP contribution is 2.44. The SMILES string of the molecule is C.C.C.CN(c1ccc(C(=Nc2cccc(Cl)c2)NO)cc1C(F)(F)F)C1CC1.Cc1cccc(N=C(NO)c2ccc(NCCN3CCNCC3)c(C(F)(F)F)c2)c1.OCC1CCCN1c1ccc(C(=Nc2ccccc2)NO)cc1C(F)(F)F.ONC(=Nc1ccccc1)c1ccc(N2CCN(c3ccccc3)CC2)c(C(F)(F)F)c1. The van der Waals surface area contributed by atoms with Crippen LogP contribution >= 0.6 is 11.6 Å². The standard InChI is InChI=1S/C24H23F3N4O.C21H26F3N5O.C19H20F3N3O2.C18H17ClF3N3O.3CH4/c25-24(26,27)21-17-18(23(29-32)28-19-7-3-1-4-8-19)11-12-22(21)31-15-13-30(14-16-31)20-9-5-2-6-10-20;1-15-3-2-4-17(13-15)27-20(28-30)16-5-6-19(18(14-16)21(22,23)24)26-9-12-29-10-7-25-8-11-29;20-19(21,22)16-11-13(18(24-27)23-14-5-2-1-3-6-14)8-9-17(16)25-10-4-7-15(25)12-26;1-25(14-6-7-14)16-8-5-11(9-15(16)18(20,21)22)17(24-26)23-13-4-2-3-12(19)10-13;;;/h1-12,17,32H,13-16H2,(H,28,29);2-6,13-14,25-26,30H,7-12H2,1H3,(H,27,28);1-3,5-6,8-9,11,15,26-27H,4,7,10,12H2,(H,23,24);2-5,8-10,14,26H,6-7H2,1H3,(H,23,24);3*1H4. The van der Waals surface area contributed by atoms with E-state index in [0.29, 0.717) is 80.0 Å². The highest BCUT2D eigenvalue weighted by molar-refractivity contribution is 6.30. The first-order chi connectivity index (χ1) is 55.0. The van der Waals surface area contributed by atoms with Crippen molar-refractivity contribution in [2.24, 2.45) is 20.0 Å². The van der Waals surface area contributed by atoms with Crippen molar-refractivity contribution >= 4 is 86.1 Å². The van der Waals surface area contributed by atoms with E-state index in [4.69, 9.17) is 11.6 Å². The number of hydroxylamine groups is 4. The van der Waals surface area contributed by atoms with Crippen molar-refractivity contribution < 1.29 is 78.6 Å². The second-order valence-electron chi connectivity index (χ2n) is 27.1. The molecule has 0 amide bonds. The summed E-state index contributed by atoms with van der Waals surface area (Å²) in [4.78, 5) is 26.1. The summed E-state index contributed by atoms with van der Waals surface area (Å²) >= 11 is 5.89. The largest absolute Gasteiger partial charge is 0.418 e. The summed E-state index contributed by atoms with van der Waals surface area (Å²) in [6.45, 7) is 8.96. The summed E-state index contributed by atoms with van der Waals surface area (Å²) in [5, 5.41) is 53.8. The van der Waals surface area contributed by atoms with Crippen molar-refractivity contribution in [1.29, 1.82) is 0 Å². The third kappa shape index (κ3) is 26.3. The first kappa shape index (κ1) is 94.2. The number of hydrogen-bond donors (Lipinski definition) is 11. The molecule has 118 heavy (non-hydrogen) atoms. The van der Waals surface area contributed by atoms with Crippen LogP contribution in [0.15, 0.2) is 232 Å². The topological polar surface area (TPSA) is 239 Å². The van der Waals surface area contributed by atoms with Gasteiger partial charge in [-0.2, -0.15) is 52.7 Å². The highest BCUT2D eigenvalue weighted by atomic mass is 35.5. The van der Waals surface area contributed by atoms with Gasteiger partial charge in [-0.25, -0.2) is 20.0 Å². The normalized spacial score (nSPS) is 15.6. The van der Waals surface area contributed by atoms with Gasteiger partial charge in [0.1, 0.15) is 0 Å². The summed E-state index contributed by atoms with van der Waals surface area (Å²) < 4.78 is 165. The average Bonchev–Trinajstić information content (AvgIpc) is 1.32. The summed E-state index contributed by atoms with van der Waals surface area (Å²) in [7, 11) is 1.66. The van der Waals surface area contributed by atoms with Crippen molar-refractivity contribution in [2.45, 2.75) is 91.7 Å². The number of nitrogens with zero attached hydrogens (tertiary/aromatic N) is 9. The van der Waals surface area contributed by atoms with Gasteiger partial charge in [0.25, 0.3) is 0 Å². The van der Waals surface area contributed by atoms with Crippen LogP contribution in [0.5, 0.6) is 0 Å². The molecule has 3 heterocycles. The number of amidine groups is 4. The zero-order valence-corrected chi connectivity index (χ0v) is 63.1. The number of nitrogens with one attached hydrogen (secondary N) is 6. The van der Waals surface area contributed by atoms with E-state index < -0.39 is 47.0 Å². The zero-order valence-electron chi connectivity index (χ0n) is 62.4. The Hall–Kier alpha value is -11.0. The third-order valence-corrected chi connectivity index (χ3v) is 19.3. The lowest BCUT2D eigenvalue weighted by atomic mass is 10.1. The number of aliphatic hydroxyl groups excluding tert-OH is 1. The van der Waals surface area contributed by atoms with Crippen LogP contribution in [0.1, 0.15) is 98.0 Å². The number of aliphatic hydroxyl groups is 1. The van der Waals surface area contributed by atoms with Gasteiger partial charge in [0.2, 0.25) is 0 Å². The molecule has 4 aliphatic rings. The molecule has 11 N–H and O–H groups in total. The molecular formula is C85H98ClF12N15O5. The van der Waals surface area contributed by atoms with Crippen LogP contribution in [0.4, 0.5) is 104 Å². The molecule has 3 saturated heterocycles. The fourth-order valence-electron chi connectivity index (χ4n) is 13.2. The highest BCUT2D eigenvalue weighted by Gasteiger charge is 2.41. The van der Waals surface area contributed by atoms with Crippen molar-refractivity contribution in [1.82, 2.24) is 32.1 Å². The van der Waals surface area contributed by atoms with Crippen LogP contribution < -0.4 is 52.2 Å². The number of aryl methyl sites for hydroxylation is 1. The van der Waals surface area contributed by atoms with Gasteiger partial charge in [-0.05, 0) is 178 Å². The Morgan fingerprint density at radius 2 is 0.881 bits per heavy atom. The smallest absolute Gasteiger partial charge is 0.394 e. The zero-order chi connectivity index (χ0) is 82.5. The lowest BCUT2D eigenvalue weighted by Gasteiger charge is -2.38. The van der Waals surface area contributed by atoms with Crippen molar-refractivity contribution in [3.05, 3.63) is 267 Å². The molecule has 9 aromatic carbocycles. The lowest BCUT2D eigenvalue weighted by Crippen LogP contribution is -2.47. The Labute approximate surface area is 683 Å². The van der Waals surface area contributed by atoms with Gasteiger partial charge in [-0.1, -0.05) is 107 Å². The van der Waals surface area contributed by atoms with Crippen molar-refractivity contribution in [3.8, 4) is 0 Å². The van der Waals surface area contributed by atoms with E-state index in [9.17, 15) is 78.6 Å². The van der Waals surface area contributed by atoms with Gasteiger partial charge >= 0.3 is 24.7 Å². The maximum Gasteiger partial charge on any atom is 0.418 e. The van der Waals surface area contributed by atoms with Crippen LogP contribution in [0.2, 0.25) is 5.02 Å². The fraction of sp³-hybridized carbons (Fsp3) is 0.318. The van der Waals surface area contributed by atoms with Crippen molar-refractivity contribution in [3.63, 3.8) is 0 Å². The molecule has 1 unspecified atom stereocenters. The predicted octanol–water partition coefficient (Wildman–Crippen LogP) is 19.1. The number of halogens is 13. The molecule has 4 fully saturated rings. The minimum absolute atomic E-state index is 0. The molecule has 33 heteroatoms. The molecule has 20 nitrogen and oxygen atoms in total. The molecule has 1 atom stereocenters. The molecule has 1 saturated carbocycles. The summed E-state index contributed by atoms with van der Waals surface area (Å²) in [5.41, 5.74) is 9.22. The Balaban J connectivity index is 0.000000216. The van der Waals surface area contributed by atoms with Crippen LogP contribution in [0.3, 0.4) is 0 Å². The third-order valence-electron chi connectivity index (χ3n) is 19.1. The maximum absolute atomic E-state index is 14.0. The first-order valence-corrected chi connectivity index (χ1v) is 37.0. The molecule has 0 spiro atoms. The number of benzene rings is 9. The minimum Gasteiger partial charge on any atom is -0.394 e. The summed E-state index contributed by atoms with van der Waals surface area (Å²) in [6.07, 6.45) is -15.1. The fourth-order valence-corrected chi connectivity index (χ4v) is 13.3. The number of anilines is 5. The molecule has 1 aliphatic carbocycles. The quantitative estimate of drug-likeness (QED) is 0.0166. The van der Waals surface area contributed by atoms with Gasteiger partial charge < -0.3 is 35.3 Å². The van der Waals surface area contributed by atoms with Gasteiger partial charge in [0, 0.05) is 141 Å². The van der Waals surface area contributed by atoms with E-state index >= 15 is 0 Å². The summed E-state index contributed by atoms with van der Waals surface area (Å²) in [5.74, 6) is -0.294. The molecule has 634 valence electrons. The Bertz CT molecular complexity index is 4780. The molecule has 0 radical (unpaired) electrons. The van der Waals surface area contributed by atoms with Gasteiger partial charge in [0.05, 0.1) is 57.7 Å². The predicted molar refractivity (Wildman–Crippen MR) is 444 cm³/mol. The maximum atomic E-state index is 14.0. The number of rotatable bonds is 18. The van der Waals surface area contributed by atoms with Crippen LogP contribution in [0.25, 0.3) is 0 Å². The molecule has 9 aromatic rings. The number of hydrogen-bond acceptors (Lipinski definition) is 16. The van der Waals surface area contributed by atoms with Crippen LogP contribution in [-0.2, 0) is 24.7 Å². The van der Waals surface area contributed by atoms with E-state index in [2.05, 4.69) is 40.4 Å². The molecule has 13 rings (SSSR count). The monoisotopic (exact) mass is 1670 g/mol. The first-order valence-electron chi connectivity index (χ1n) is 36.6. The lowest BCUT2D eigenvalue weighted by molar-refractivity contribution is -0.138. The second kappa shape index (κ2) is 43.5. The number of aliphatic imine (C=N–C) groups is 4. The van der Waals surface area contributed by atoms with E-state index in [1.165, 1.54) is 42.5 Å². The van der Waals surface area contributed by atoms with E-state index in [0.717, 1.165) is 81.0 Å². The van der Waals surface area contributed by atoms with Crippen LogP contribution in [-0.4, -0.2) is 152 Å². The Morgan fingerprint density at radius 3 is 1.36 bits per heavy atom. The van der Waals surface area contributed by atoms with E-state index in [1.807, 2.05) is 65.2 Å². The molecule has 0 bridgehead atoms. The molecular weight excluding hydrogens is 1570 g/mol. The van der Waals surface area contributed by atoms with Gasteiger partial charge in [-0.3, -0.25) is 47.6 Å². The Morgan fingerprint density at radius 1 is 0.458 bits per heavy atom. The minimum atomic E-state index is -4.58. The van der Waals surface area contributed by atoms with Crippen LogP contribution in [0, 0.1) is 6.92 Å². The second-order valence-corrected chi connectivity index (χ2v) is 27.5. The molecule has 3 aliphatic heterocycles. The summed E-state index contributed by atoms with van der Waals surface area (Å²) in [6, 6.07) is 56.2.